The summed E-state index contributed by atoms with van der Waals surface area (Å²) >= 11 is 0. The minimum Gasteiger partial charge on any atom is -0.462 e. The van der Waals surface area contributed by atoms with Crippen LogP contribution in [0.15, 0.2) is 0 Å². The standard InChI is InChI=1S/C3H7O4P/c1-6-3(4)8(5)7-2/h8H,1-2H3. The summed E-state index contributed by atoms with van der Waals surface area (Å²) in [5.41, 5.74) is -0.794. The van der Waals surface area contributed by atoms with Crippen molar-refractivity contribution in [2.45, 2.75) is 0 Å². The Kier molecular flexibility index (Phi) is 3.48. The summed E-state index contributed by atoms with van der Waals surface area (Å²) in [7, 11) is -0.219. The highest BCUT2D eigenvalue weighted by molar-refractivity contribution is 7.58. The minimum atomic E-state index is -2.57. The molecule has 0 saturated carbocycles. The first kappa shape index (κ1) is 7.66. The van der Waals surface area contributed by atoms with Gasteiger partial charge in [0.1, 0.15) is 0 Å². The largest absolute Gasteiger partial charge is 0.462 e. The van der Waals surface area contributed by atoms with Crippen molar-refractivity contribution in [3.05, 3.63) is 0 Å². The van der Waals surface area contributed by atoms with E-state index in [4.69, 9.17) is 0 Å². The summed E-state index contributed by atoms with van der Waals surface area (Å²) in [6.07, 6.45) is 0. The van der Waals surface area contributed by atoms with Crippen LogP contribution in [-0.2, 0) is 13.8 Å². The highest BCUT2D eigenvalue weighted by Gasteiger charge is 2.07. The molecule has 48 valence electrons. The fraction of sp³-hybridized carbons (Fsp3) is 0.667. The maximum absolute atomic E-state index is 10.2. The van der Waals surface area contributed by atoms with Crippen molar-refractivity contribution in [3.8, 4) is 0 Å². The monoisotopic (exact) mass is 138 g/mol. The highest BCUT2D eigenvalue weighted by atomic mass is 31.1. The minimum absolute atomic E-state index is 0.794. The Morgan fingerprint density at radius 1 is 1.50 bits per heavy atom. The van der Waals surface area contributed by atoms with Gasteiger partial charge in [0.05, 0.1) is 7.11 Å². The number of ether oxygens (including phenoxy) is 1. The van der Waals surface area contributed by atoms with E-state index < -0.39 is 13.7 Å². The normalized spacial score (nSPS) is 12.8. The molecule has 0 rings (SSSR count). The fourth-order valence-electron chi connectivity index (χ4n) is 0.167. The molecule has 0 aromatic rings. The lowest BCUT2D eigenvalue weighted by atomic mass is 11.5. The molecule has 0 aliphatic rings. The first-order chi connectivity index (χ1) is 3.72. The Morgan fingerprint density at radius 3 is 2.12 bits per heavy atom. The topological polar surface area (TPSA) is 52.6 Å². The molecule has 1 atom stereocenters. The molecule has 0 saturated heterocycles. The molecule has 0 fully saturated rings. The van der Waals surface area contributed by atoms with Gasteiger partial charge in [-0.2, -0.15) is 0 Å². The summed E-state index contributed by atoms with van der Waals surface area (Å²) in [5.74, 6) is 0. The van der Waals surface area contributed by atoms with Gasteiger partial charge in [0.25, 0.3) is 8.03 Å². The van der Waals surface area contributed by atoms with Gasteiger partial charge in [0.2, 0.25) is 0 Å². The summed E-state index contributed by atoms with van der Waals surface area (Å²) in [4.78, 5) is 10.1. The average molecular weight is 138 g/mol. The van der Waals surface area contributed by atoms with Crippen LogP contribution >= 0.6 is 8.03 Å². The van der Waals surface area contributed by atoms with Gasteiger partial charge in [0, 0.05) is 7.11 Å². The van der Waals surface area contributed by atoms with Gasteiger partial charge >= 0.3 is 5.71 Å². The van der Waals surface area contributed by atoms with Gasteiger partial charge in [0.15, 0.2) is 0 Å². The second-order valence-electron chi connectivity index (χ2n) is 0.983. The number of carbonyl (C=O) groups is 1. The van der Waals surface area contributed by atoms with E-state index in [1.165, 1.54) is 7.11 Å². The van der Waals surface area contributed by atoms with Gasteiger partial charge in [-0.25, -0.2) is 4.79 Å². The number of methoxy groups -OCH3 is 1. The molecule has 1 unspecified atom stereocenters. The van der Waals surface area contributed by atoms with Gasteiger partial charge in [-0.15, -0.1) is 0 Å². The van der Waals surface area contributed by atoms with E-state index in [1.54, 1.807) is 0 Å². The van der Waals surface area contributed by atoms with E-state index in [0.29, 0.717) is 0 Å². The quantitative estimate of drug-likeness (QED) is 0.531. The molecule has 8 heavy (non-hydrogen) atoms. The van der Waals surface area contributed by atoms with Crippen LogP contribution in [-0.4, -0.2) is 19.9 Å². The molecular formula is C3H7O4P. The van der Waals surface area contributed by atoms with Crippen LogP contribution in [0.3, 0.4) is 0 Å². The highest BCUT2D eigenvalue weighted by Crippen LogP contribution is 2.21. The van der Waals surface area contributed by atoms with Crippen LogP contribution in [0.4, 0.5) is 4.79 Å². The van der Waals surface area contributed by atoms with Crippen molar-refractivity contribution < 1.29 is 18.6 Å². The predicted molar refractivity (Wildman–Crippen MR) is 28.4 cm³/mol. The molecule has 0 aliphatic carbocycles. The van der Waals surface area contributed by atoms with Crippen LogP contribution in [0, 0.1) is 0 Å². The Bertz CT molecular complexity index is 95.9. The fourth-order valence-corrected chi connectivity index (χ4v) is 0.500. The molecule has 0 heterocycles. The molecule has 0 radical (unpaired) electrons. The zero-order valence-corrected chi connectivity index (χ0v) is 5.63. The maximum Gasteiger partial charge on any atom is 0.388 e. The average Bonchev–Trinajstić information content (AvgIpc) is 1.84. The van der Waals surface area contributed by atoms with Gasteiger partial charge in [-0.1, -0.05) is 0 Å². The molecule has 5 heteroatoms. The molecule has 0 aliphatic heterocycles. The second-order valence-corrected chi connectivity index (χ2v) is 2.37. The molecule has 0 N–H and O–H groups in total. The lowest BCUT2D eigenvalue weighted by molar-refractivity contribution is 0.193. The SMILES string of the molecule is COC(=O)[PH](=O)OC. The molecular weight excluding hydrogens is 131 g/mol. The molecule has 0 bridgehead atoms. The van der Waals surface area contributed by atoms with Crippen molar-refractivity contribution in [2.24, 2.45) is 0 Å². The molecule has 0 aromatic carbocycles. The van der Waals surface area contributed by atoms with Crippen molar-refractivity contribution >= 4 is 13.7 Å². The van der Waals surface area contributed by atoms with E-state index in [1.807, 2.05) is 0 Å². The third-order valence-corrected chi connectivity index (χ3v) is 1.45. The number of hydrogen-bond donors (Lipinski definition) is 0. The number of rotatable bonds is 2. The van der Waals surface area contributed by atoms with Crippen molar-refractivity contribution in [1.29, 1.82) is 0 Å². The Labute approximate surface area is 47.6 Å². The summed E-state index contributed by atoms with van der Waals surface area (Å²) in [6.45, 7) is 0. The second kappa shape index (κ2) is 3.64. The van der Waals surface area contributed by atoms with E-state index in [0.717, 1.165) is 7.11 Å². The number of carbonyl (C=O) groups excluding carboxylic acids is 1. The lowest BCUT2D eigenvalue weighted by Crippen LogP contribution is -1.90. The maximum atomic E-state index is 10.2. The van der Waals surface area contributed by atoms with Gasteiger partial charge in [-0.05, 0) is 0 Å². The van der Waals surface area contributed by atoms with Gasteiger partial charge < -0.3 is 9.26 Å². The Hall–Kier alpha value is -0.340. The van der Waals surface area contributed by atoms with Crippen molar-refractivity contribution in [1.82, 2.24) is 0 Å². The van der Waals surface area contributed by atoms with Gasteiger partial charge in [-0.3, -0.25) is 4.57 Å². The summed E-state index contributed by atoms with van der Waals surface area (Å²) in [5, 5.41) is 0. The van der Waals surface area contributed by atoms with E-state index in [9.17, 15) is 9.36 Å². The predicted octanol–water partition coefficient (Wildman–Crippen LogP) is 0.874. The first-order valence-corrected chi connectivity index (χ1v) is 3.20. The van der Waals surface area contributed by atoms with Crippen LogP contribution in [0.25, 0.3) is 0 Å². The van der Waals surface area contributed by atoms with Crippen LogP contribution in [0.5, 0.6) is 0 Å². The zero-order chi connectivity index (χ0) is 6.57. The molecule has 0 aromatic heterocycles. The van der Waals surface area contributed by atoms with E-state index in [-0.39, 0.29) is 0 Å². The molecule has 0 amide bonds. The Balaban J connectivity index is 3.64. The van der Waals surface area contributed by atoms with Crippen molar-refractivity contribution in [2.75, 3.05) is 14.2 Å². The van der Waals surface area contributed by atoms with Crippen molar-refractivity contribution in [3.63, 3.8) is 0 Å². The van der Waals surface area contributed by atoms with Crippen LogP contribution < -0.4 is 0 Å². The third-order valence-electron chi connectivity index (χ3n) is 0.537. The molecule has 4 nitrogen and oxygen atoms in total. The first-order valence-electron chi connectivity index (χ1n) is 1.88. The zero-order valence-electron chi connectivity index (χ0n) is 4.63. The van der Waals surface area contributed by atoms with Crippen LogP contribution in [0.1, 0.15) is 0 Å². The third kappa shape index (κ3) is 2.09. The Morgan fingerprint density at radius 2 is 2.00 bits per heavy atom. The van der Waals surface area contributed by atoms with Crippen LogP contribution in [0.2, 0.25) is 0 Å². The summed E-state index contributed by atoms with van der Waals surface area (Å²) < 4.78 is 18.5. The summed E-state index contributed by atoms with van der Waals surface area (Å²) in [6, 6.07) is 0. The number of hydrogen-bond acceptors (Lipinski definition) is 4. The lowest BCUT2D eigenvalue weighted by Gasteiger charge is -1.93. The van der Waals surface area contributed by atoms with E-state index >= 15 is 0 Å². The van der Waals surface area contributed by atoms with E-state index in [2.05, 4.69) is 9.26 Å². The smallest absolute Gasteiger partial charge is 0.388 e. The molecule has 0 spiro atoms.